The molecule has 2 aromatic rings. The summed E-state index contributed by atoms with van der Waals surface area (Å²) in [4.78, 5) is 12.0. The Hall–Kier alpha value is -2.15. The number of anilines is 1. The molecule has 0 spiro atoms. The van der Waals surface area contributed by atoms with E-state index < -0.39 is 0 Å². The molecule has 0 saturated carbocycles. The summed E-state index contributed by atoms with van der Waals surface area (Å²) in [6.07, 6.45) is 6.49. The molecule has 0 saturated heterocycles. The Morgan fingerprint density at radius 2 is 2.23 bits per heavy atom. The number of rotatable bonds is 8. The lowest BCUT2D eigenvalue weighted by molar-refractivity contribution is -0.115. The average molecular weight is 304 g/mol. The number of hydrogen-bond acceptors (Lipinski definition) is 4. The minimum Gasteiger partial charge on any atom is -0.310 e. The van der Waals surface area contributed by atoms with Gasteiger partial charge in [-0.1, -0.05) is 6.92 Å². The maximum atomic E-state index is 12.0. The van der Waals surface area contributed by atoms with Crippen LogP contribution < -0.4 is 10.6 Å². The summed E-state index contributed by atoms with van der Waals surface area (Å²) in [7, 11) is 0. The molecule has 0 radical (unpaired) electrons. The van der Waals surface area contributed by atoms with E-state index in [0.717, 1.165) is 30.9 Å². The molecule has 0 fully saturated rings. The van der Waals surface area contributed by atoms with Gasteiger partial charge in [0, 0.05) is 24.8 Å². The Balaban J connectivity index is 1.76. The van der Waals surface area contributed by atoms with Crippen molar-refractivity contribution in [2.75, 3.05) is 11.9 Å². The molecular formula is C15H24N6O. The van der Waals surface area contributed by atoms with Crippen LogP contribution in [0.1, 0.15) is 25.8 Å². The first-order valence-electron chi connectivity index (χ1n) is 7.62. The lowest BCUT2D eigenvalue weighted by atomic mass is 10.3. The second kappa shape index (κ2) is 7.74. The molecule has 7 nitrogen and oxygen atoms in total. The van der Waals surface area contributed by atoms with Crippen LogP contribution in [0, 0.1) is 6.92 Å². The van der Waals surface area contributed by atoms with Gasteiger partial charge in [0.2, 0.25) is 5.91 Å². The van der Waals surface area contributed by atoms with Gasteiger partial charge in [0.1, 0.15) is 5.82 Å². The normalized spacial score (nSPS) is 12.3. The van der Waals surface area contributed by atoms with Crippen LogP contribution in [0.5, 0.6) is 0 Å². The van der Waals surface area contributed by atoms with E-state index in [2.05, 4.69) is 27.8 Å². The molecule has 1 unspecified atom stereocenters. The molecule has 0 aliphatic rings. The molecule has 1 amide bonds. The Bertz CT molecular complexity index is 603. The van der Waals surface area contributed by atoms with E-state index in [0.29, 0.717) is 0 Å². The zero-order valence-electron chi connectivity index (χ0n) is 13.4. The standard InChI is InChI=1S/C15H24N6O/c1-4-7-21-14(5-6-17-21)19-15(22)9-16-13(3)11-20-10-12(2)8-18-20/h5-6,8,10,13,16H,4,7,9,11H2,1-3H3,(H,19,22). The summed E-state index contributed by atoms with van der Waals surface area (Å²) in [5.74, 6) is 0.672. The van der Waals surface area contributed by atoms with Crippen molar-refractivity contribution in [1.29, 1.82) is 0 Å². The van der Waals surface area contributed by atoms with Crippen LogP contribution in [0.2, 0.25) is 0 Å². The van der Waals surface area contributed by atoms with E-state index in [1.807, 2.05) is 37.0 Å². The van der Waals surface area contributed by atoms with E-state index in [4.69, 9.17) is 0 Å². The van der Waals surface area contributed by atoms with Crippen LogP contribution in [0.15, 0.2) is 24.7 Å². The summed E-state index contributed by atoms with van der Waals surface area (Å²) in [5.41, 5.74) is 1.13. The minimum atomic E-state index is -0.0682. The molecule has 0 aromatic carbocycles. The Kier molecular flexibility index (Phi) is 5.71. The van der Waals surface area contributed by atoms with Crippen LogP contribution in [-0.2, 0) is 17.9 Å². The van der Waals surface area contributed by atoms with Crippen LogP contribution in [0.25, 0.3) is 0 Å². The molecule has 22 heavy (non-hydrogen) atoms. The van der Waals surface area contributed by atoms with Crippen LogP contribution >= 0.6 is 0 Å². The fraction of sp³-hybridized carbons (Fsp3) is 0.533. The first-order valence-corrected chi connectivity index (χ1v) is 7.62. The van der Waals surface area contributed by atoms with Gasteiger partial charge in [-0.25, -0.2) is 4.68 Å². The van der Waals surface area contributed by atoms with Gasteiger partial charge in [-0.05, 0) is 25.8 Å². The van der Waals surface area contributed by atoms with E-state index in [9.17, 15) is 4.79 Å². The van der Waals surface area contributed by atoms with Crippen molar-refractivity contribution in [3.8, 4) is 0 Å². The summed E-state index contributed by atoms with van der Waals surface area (Å²) < 4.78 is 3.68. The second-order valence-electron chi connectivity index (χ2n) is 5.51. The van der Waals surface area contributed by atoms with Gasteiger partial charge in [-0.3, -0.25) is 9.48 Å². The molecule has 2 aromatic heterocycles. The maximum absolute atomic E-state index is 12.0. The summed E-state index contributed by atoms with van der Waals surface area (Å²) in [6, 6.07) is 1.97. The van der Waals surface area contributed by atoms with E-state index in [-0.39, 0.29) is 18.5 Å². The molecule has 7 heteroatoms. The number of amides is 1. The fourth-order valence-electron chi connectivity index (χ4n) is 2.19. The Morgan fingerprint density at radius 3 is 2.91 bits per heavy atom. The molecule has 2 heterocycles. The Morgan fingerprint density at radius 1 is 1.41 bits per heavy atom. The van der Waals surface area contributed by atoms with Crippen molar-refractivity contribution < 1.29 is 4.79 Å². The zero-order valence-corrected chi connectivity index (χ0v) is 13.4. The summed E-state index contributed by atoms with van der Waals surface area (Å²) >= 11 is 0. The largest absolute Gasteiger partial charge is 0.310 e. The fourth-order valence-corrected chi connectivity index (χ4v) is 2.19. The van der Waals surface area contributed by atoms with Crippen molar-refractivity contribution in [2.45, 2.75) is 46.3 Å². The van der Waals surface area contributed by atoms with Crippen LogP contribution in [-0.4, -0.2) is 38.1 Å². The molecule has 0 aliphatic carbocycles. The molecule has 2 N–H and O–H groups in total. The average Bonchev–Trinajstić information content (AvgIpc) is 3.07. The number of aromatic nitrogens is 4. The third kappa shape index (κ3) is 4.70. The highest BCUT2D eigenvalue weighted by molar-refractivity contribution is 5.91. The smallest absolute Gasteiger partial charge is 0.239 e. The SMILES string of the molecule is CCCn1nccc1NC(=O)CNC(C)Cn1cc(C)cn1. The number of nitrogens with zero attached hydrogens (tertiary/aromatic N) is 4. The van der Waals surface area contributed by atoms with Gasteiger partial charge < -0.3 is 10.6 Å². The van der Waals surface area contributed by atoms with Crippen molar-refractivity contribution in [1.82, 2.24) is 24.9 Å². The van der Waals surface area contributed by atoms with Gasteiger partial charge >= 0.3 is 0 Å². The van der Waals surface area contributed by atoms with Crippen LogP contribution in [0.4, 0.5) is 5.82 Å². The van der Waals surface area contributed by atoms with Crippen molar-refractivity contribution in [3.63, 3.8) is 0 Å². The van der Waals surface area contributed by atoms with Crippen molar-refractivity contribution in [3.05, 3.63) is 30.2 Å². The van der Waals surface area contributed by atoms with Gasteiger partial charge in [-0.2, -0.15) is 10.2 Å². The topological polar surface area (TPSA) is 76.8 Å². The minimum absolute atomic E-state index is 0.0682. The highest BCUT2D eigenvalue weighted by atomic mass is 16.2. The third-order valence-corrected chi connectivity index (χ3v) is 3.25. The van der Waals surface area contributed by atoms with Crippen molar-refractivity contribution in [2.24, 2.45) is 0 Å². The maximum Gasteiger partial charge on any atom is 0.239 e. The lowest BCUT2D eigenvalue weighted by Crippen LogP contribution is -2.37. The molecule has 120 valence electrons. The zero-order chi connectivity index (χ0) is 15.9. The highest BCUT2D eigenvalue weighted by Crippen LogP contribution is 2.06. The second-order valence-corrected chi connectivity index (χ2v) is 5.51. The molecule has 0 aliphatic heterocycles. The molecule has 2 rings (SSSR count). The first-order chi connectivity index (χ1) is 10.6. The summed E-state index contributed by atoms with van der Waals surface area (Å²) in [5, 5.41) is 14.5. The lowest BCUT2D eigenvalue weighted by Gasteiger charge is -2.14. The quantitative estimate of drug-likeness (QED) is 0.773. The van der Waals surface area contributed by atoms with E-state index in [1.54, 1.807) is 10.9 Å². The number of carbonyl (C=O) groups excluding carboxylic acids is 1. The van der Waals surface area contributed by atoms with Gasteiger partial charge in [-0.15, -0.1) is 0 Å². The van der Waals surface area contributed by atoms with Crippen molar-refractivity contribution >= 4 is 11.7 Å². The third-order valence-electron chi connectivity index (χ3n) is 3.25. The number of hydrogen-bond donors (Lipinski definition) is 2. The van der Waals surface area contributed by atoms with Gasteiger partial charge in [0.15, 0.2) is 0 Å². The van der Waals surface area contributed by atoms with E-state index in [1.165, 1.54) is 0 Å². The predicted octanol–water partition coefficient (Wildman–Crippen LogP) is 1.41. The van der Waals surface area contributed by atoms with E-state index >= 15 is 0 Å². The molecule has 0 bridgehead atoms. The number of aryl methyl sites for hydroxylation is 2. The molecule has 1 atom stereocenters. The van der Waals surface area contributed by atoms with Gasteiger partial charge in [0.25, 0.3) is 0 Å². The molecular weight excluding hydrogens is 280 g/mol. The highest BCUT2D eigenvalue weighted by Gasteiger charge is 2.09. The summed E-state index contributed by atoms with van der Waals surface area (Å²) in [6.45, 7) is 7.91. The first kappa shape index (κ1) is 16.2. The van der Waals surface area contributed by atoms with Gasteiger partial charge in [0.05, 0.1) is 25.5 Å². The monoisotopic (exact) mass is 304 g/mol. The van der Waals surface area contributed by atoms with Crippen LogP contribution in [0.3, 0.4) is 0 Å². The Labute approximate surface area is 130 Å². The number of carbonyl (C=O) groups is 1. The number of nitrogens with one attached hydrogen (secondary N) is 2. The predicted molar refractivity (Wildman–Crippen MR) is 85.6 cm³/mol.